The molecule has 0 atom stereocenters. The van der Waals surface area contributed by atoms with Gasteiger partial charge in [0.2, 0.25) is 0 Å². The van der Waals surface area contributed by atoms with E-state index >= 15 is 0 Å². The summed E-state index contributed by atoms with van der Waals surface area (Å²) in [5, 5.41) is 2.18. The summed E-state index contributed by atoms with van der Waals surface area (Å²) in [7, 11) is 1.45. The standard InChI is InChI=1S/C19H20N2O3/c1-24-19(23)14-8-10-20(11-9-14)12-21-16-7-3-5-13-4-2-6-15(17(13)16)18(21)22/h2-7,14H,8-12H2,1H3/p+1. The Morgan fingerprint density at radius 3 is 2.62 bits per heavy atom. The molecule has 0 aliphatic carbocycles. The number of likely N-dealkylation sites (tertiary alicyclic amines) is 1. The van der Waals surface area contributed by atoms with Gasteiger partial charge in [0.15, 0.2) is 6.67 Å². The van der Waals surface area contributed by atoms with E-state index in [9.17, 15) is 9.59 Å². The predicted molar refractivity (Wildman–Crippen MR) is 91.1 cm³/mol. The molecular weight excluding hydrogens is 304 g/mol. The van der Waals surface area contributed by atoms with Crippen LogP contribution in [0, 0.1) is 5.92 Å². The highest BCUT2D eigenvalue weighted by Gasteiger charge is 2.34. The van der Waals surface area contributed by atoms with Gasteiger partial charge in [-0.15, -0.1) is 0 Å². The van der Waals surface area contributed by atoms with Gasteiger partial charge >= 0.3 is 5.97 Å². The molecular formula is C19H21N2O3+. The van der Waals surface area contributed by atoms with Crippen LogP contribution in [0.25, 0.3) is 10.8 Å². The maximum atomic E-state index is 12.8. The van der Waals surface area contributed by atoms with Gasteiger partial charge in [0, 0.05) is 18.2 Å². The van der Waals surface area contributed by atoms with Crippen molar-refractivity contribution in [1.82, 2.24) is 0 Å². The van der Waals surface area contributed by atoms with E-state index in [0.29, 0.717) is 6.67 Å². The Balaban J connectivity index is 1.52. The number of nitrogens with zero attached hydrogens (tertiary/aromatic N) is 1. The number of nitrogens with one attached hydrogen (secondary N) is 1. The molecule has 0 aromatic heterocycles. The van der Waals surface area contributed by atoms with E-state index in [0.717, 1.165) is 48.0 Å². The van der Waals surface area contributed by atoms with Crippen LogP contribution >= 0.6 is 0 Å². The largest absolute Gasteiger partial charge is 0.469 e. The molecule has 1 amide bonds. The third-order valence-corrected chi connectivity index (χ3v) is 5.26. The fraction of sp³-hybridized carbons (Fsp3) is 0.368. The second-order valence-electron chi connectivity index (χ2n) is 6.62. The van der Waals surface area contributed by atoms with Crippen LogP contribution in [-0.2, 0) is 9.53 Å². The van der Waals surface area contributed by atoms with E-state index in [1.165, 1.54) is 12.0 Å². The highest BCUT2D eigenvalue weighted by Crippen LogP contribution is 2.36. The Morgan fingerprint density at radius 1 is 1.21 bits per heavy atom. The molecule has 0 spiro atoms. The topological polar surface area (TPSA) is 51.1 Å². The third-order valence-electron chi connectivity index (χ3n) is 5.26. The molecule has 5 nitrogen and oxygen atoms in total. The van der Waals surface area contributed by atoms with Crippen LogP contribution in [0.15, 0.2) is 36.4 Å². The first-order chi connectivity index (χ1) is 11.7. The summed E-state index contributed by atoms with van der Waals surface area (Å²) < 4.78 is 4.84. The molecule has 5 heteroatoms. The second kappa shape index (κ2) is 5.91. The van der Waals surface area contributed by atoms with Crippen LogP contribution in [0.1, 0.15) is 23.2 Å². The van der Waals surface area contributed by atoms with Crippen LogP contribution in [0.4, 0.5) is 5.69 Å². The monoisotopic (exact) mass is 325 g/mol. The molecule has 2 aromatic carbocycles. The lowest BCUT2D eigenvalue weighted by Crippen LogP contribution is -3.14. The average Bonchev–Trinajstić information content (AvgIpc) is 2.90. The highest BCUT2D eigenvalue weighted by atomic mass is 16.5. The SMILES string of the molecule is COC(=O)C1CC[NH+](CN2C(=O)c3cccc4cccc2c34)CC1. The number of carbonyl (C=O) groups excluding carboxylic acids is 2. The normalized spacial score (nSPS) is 22.9. The molecule has 1 saturated heterocycles. The van der Waals surface area contributed by atoms with Gasteiger partial charge in [-0.05, 0) is 17.5 Å². The molecule has 2 aromatic rings. The number of rotatable bonds is 3. The summed E-state index contributed by atoms with van der Waals surface area (Å²) in [4.78, 5) is 27.7. The molecule has 0 bridgehead atoms. The maximum absolute atomic E-state index is 12.8. The minimum atomic E-state index is -0.108. The first kappa shape index (κ1) is 15.1. The summed E-state index contributed by atoms with van der Waals surface area (Å²) in [5.74, 6) is -0.0125. The fourth-order valence-corrected chi connectivity index (χ4v) is 3.95. The van der Waals surface area contributed by atoms with Crippen LogP contribution in [-0.4, -0.2) is 38.7 Å². The van der Waals surface area contributed by atoms with Crippen molar-refractivity contribution < 1.29 is 19.2 Å². The number of hydrogen-bond acceptors (Lipinski definition) is 3. The Kier molecular flexibility index (Phi) is 3.73. The van der Waals surface area contributed by atoms with Crippen molar-refractivity contribution in [3.05, 3.63) is 42.0 Å². The number of esters is 1. The van der Waals surface area contributed by atoms with Gasteiger partial charge in [0.25, 0.3) is 5.91 Å². The zero-order valence-electron chi connectivity index (χ0n) is 13.7. The van der Waals surface area contributed by atoms with Crippen molar-refractivity contribution >= 4 is 28.3 Å². The quantitative estimate of drug-likeness (QED) is 0.864. The molecule has 4 rings (SSSR count). The van der Waals surface area contributed by atoms with Crippen LogP contribution in [0.3, 0.4) is 0 Å². The van der Waals surface area contributed by atoms with Crippen molar-refractivity contribution in [2.45, 2.75) is 12.8 Å². The zero-order chi connectivity index (χ0) is 16.7. The number of hydrogen-bond donors (Lipinski definition) is 1. The molecule has 0 unspecified atom stereocenters. The second-order valence-corrected chi connectivity index (χ2v) is 6.62. The first-order valence-electron chi connectivity index (χ1n) is 8.44. The lowest BCUT2D eigenvalue weighted by molar-refractivity contribution is -0.904. The lowest BCUT2D eigenvalue weighted by atomic mass is 9.97. The third kappa shape index (κ3) is 2.36. The van der Waals surface area contributed by atoms with Gasteiger partial charge in [0.1, 0.15) is 0 Å². The molecule has 24 heavy (non-hydrogen) atoms. The number of piperidine rings is 1. The number of anilines is 1. The maximum Gasteiger partial charge on any atom is 0.309 e. The number of methoxy groups -OCH3 is 1. The van der Waals surface area contributed by atoms with Crippen LogP contribution in [0.5, 0.6) is 0 Å². The summed E-state index contributed by atoms with van der Waals surface area (Å²) >= 11 is 0. The Bertz CT molecular complexity index is 804. The summed E-state index contributed by atoms with van der Waals surface area (Å²) in [6.07, 6.45) is 1.64. The van der Waals surface area contributed by atoms with E-state index < -0.39 is 0 Å². The van der Waals surface area contributed by atoms with Crippen molar-refractivity contribution in [2.75, 3.05) is 31.8 Å². The van der Waals surface area contributed by atoms with Crippen molar-refractivity contribution in [1.29, 1.82) is 0 Å². The van der Waals surface area contributed by atoms with Gasteiger partial charge in [-0.25, -0.2) is 0 Å². The zero-order valence-corrected chi connectivity index (χ0v) is 13.7. The van der Waals surface area contributed by atoms with Gasteiger partial charge in [-0.3, -0.25) is 14.5 Å². The van der Waals surface area contributed by atoms with E-state index in [-0.39, 0.29) is 17.8 Å². The van der Waals surface area contributed by atoms with E-state index in [4.69, 9.17) is 4.74 Å². The lowest BCUT2D eigenvalue weighted by Gasteiger charge is -2.31. The fourth-order valence-electron chi connectivity index (χ4n) is 3.95. The predicted octanol–water partition coefficient (Wildman–Crippen LogP) is 1.23. The van der Waals surface area contributed by atoms with Gasteiger partial charge in [0.05, 0.1) is 37.4 Å². The average molecular weight is 325 g/mol. The molecule has 0 saturated carbocycles. The van der Waals surface area contributed by atoms with Gasteiger partial charge in [-0.2, -0.15) is 0 Å². The minimum absolute atomic E-state index is 0.00802. The highest BCUT2D eigenvalue weighted by molar-refractivity contribution is 6.24. The summed E-state index contributed by atoms with van der Waals surface area (Å²) in [6, 6.07) is 12.0. The van der Waals surface area contributed by atoms with Gasteiger partial charge < -0.3 is 9.64 Å². The van der Waals surface area contributed by atoms with Crippen LogP contribution < -0.4 is 9.80 Å². The van der Waals surface area contributed by atoms with Crippen molar-refractivity contribution in [2.24, 2.45) is 5.92 Å². The molecule has 0 radical (unpaired) electrons. The smallest absolute Gasteiger partial charge is 0.309 e. The number of quaternary nitrogens is 1. The molecule has 1 fully saturated rings. The Hall–Kier alpha value is -2.40. The van der Waals surface area contributed by atoms with Crippen molar-refractivity contribution in [3.8, 4) is 0 Å². The number of amides is 1. The number of carbonyl (C=O) groups is 2. The van der Waals surface area contributed by atoms with E-state index in [1.54, 1.807) is 0 Å². The number of benzene rings is 2. The molecule has 2 aliphatic rings. The van der Waals surface area contributed by atoms with Crippen LogP contribution in [0.2, 0.25) is 0 Å². The van der Waals surface area contributed by atoms with E-state index in [2.05, 4.69) is 0 Å². The number of ether oxygens (including phenoxy) is 1. The first-order valence-corrected chi connectivity index (χ1v) is 8.44. The minimum Gasteiger partial charge on any atom is -0.469 e. The Morgan fingerprint density at radius 2 is 1.92 bits per heavy atom. The van der Waals surface area contributed by atoms with Gasteiger partial charge in [-0.1, -0.05) is 24.3 Å². The summed E-state index contributed by atoms with van der Waals surface area (Å²) in [5.41, 5.74) is 1.81. The summed E-state index contributed by atoms with van der Waals surface area (Å²) in [6.45, 7) is 2.42. The molecule has 124 valence electrons. The van der Waals surface area contributed by atoms with E-state index in [1.807, 2.05) is 41.3 Å². The molecule has 1 N–H and O–H groups in total. The Labute approximate surface area is 140 Å². The molecule has 2 aliphatic heterocycles. The van der Waals surface area contributed by atoms with Crippen molar-refractivity contribution in [3.63, 3.8) is 0 Å². The molecule has 2 heterocycles.